The first-order valence-electron chi connectivity index (χ1n) is 10.7. The van der Waals surface area contributed by atoms with Crippen molar-refractivity contribution in [3.63, 3.8) is 0 Å². The SMILES string of the molecule is CN1CCN(c2ccc3c(c2)n(C)c(=O)n3C)C2C=C(C(F)(F)F)C(c3cnn(C)c3)=CC21. The molecule has 2 unspecified atom stereocenters. The second kappa shape index (κ2) is 7.38. The zero-order valence-corrected chi connectivity index (χ0v) is 18.8. The maximum Gasteiger partial charge on any atom is 0.416 e. The lowest BCUT2D eigenvalue weighted by Gasteiger charge is -2.47. The minimum Gasteiger partial charge on any atom is -0.362 e. The lowest BCUT2D eigenvalue weighted by atomic mass is 9.85. The summed E-state index contributed by atoms with van der Waals surface area (Å²) in [6, 6.07) is 4.88. The van der Waals surface area contributed by atoms with Gasteiger partial charge in [-0.1, -0.05) is 6.08 Å². The quantitative estimate of drug-likeness (QED) is 0.593. The zero-order valence-electron chi connectivity index (χ0n) is 18.8. The highest BCUT2D eigenvalue weighted by Gasteiger charge is 2.44. The Hall–Kier alpha value is -3.27. The number of aryl methyl sites for hydroxylation is 3. The van der Waals surface area contributed by atoms with Crippen LogP contribution in [0.1, 0.15) is 5.56 Å². The van der Waals surface area contributed by atoms with Crippen LogP contribution in [0.2, 0.25) is 0 Å². The van der Waals surface area contributed by atoms with Gasteiger partial charge in [-0.2, -0.15) is 18.3 Å². The van der Waals surface area contributed by atoms with Gasteiger partial charge in [-0.25, -0.2) is 4.79 Å². The summed E-state index contributed by atoms with van der Waals surface area (Å²) in [5, 5.41) is 4.07. The van der Waals surface area contributed by atoms with Crippen molar-refractivity contribution in [1.82, 2.24) is 23.8 Å². The first kappa shape index (κ1) is 21.6. The van der Waals surface area contributed by atoms with Crippen molar-refractivity contribution in [2.24, 2.45) is 21.1 Å². The zero-order chi connectivity index (χ0) is 23.7. The van der Waals surface area contributed by atoms with E-state index in [9.17, 15) is 18.0 Å². The third kappa shape index (κ3) is 3.40. The summed E-state index contributed by atoms with van der Waals surface area (Å²) >= 11 is 0. The standard InChI is InChI=1S/C23H25F3N6O/c1-28-7-8-32(15-5-6-18-20(9-15)31(4)22(33)30(18)3)21-11-17(23(24,25)26)16(10-19(21)28)14-12-27-29(2)13-14/h5-6,9-13,19,21H,7-8H2,1-4H3. The number of nitrogens with zero attached hydrogens (tertiary/aromatic N) is 6. The number of aromatic nitrogens is 4. The molecule has 1 saturated heterocycles. The molecule has 1 aromatic carbocycles. The van der Waals surface area contributed by atoms with Gasteiger partial charge in [0.05, 0.1) is 34.9 Å². The maximum absolute atomic E-state index is 14.2. The van der Waals surface area contributed by atoms with Gasteiger partial charge in [0.15, 0.2) is 0 Å². The molecule has 5 rings (SSSR count). The van der Waals surface area contributed by atoms with Gasteiger partial charge < -0.3 is 4.90 Å². The Balaban J connectivity index is 1.62. The summed E-state index contributed by atoms with van der Waals surface area (Å²) in [5.74, 6) is 0. The van der Waals surface area contributed by atoms with E-state index in [-0.39, 0.29) is 17.3 Å². The minimum atomic E-state index is -4.50. The lowest BCUT2D eigenvalue weighted by Crippen LogP contribution is -2.58. The number of benzene rings is 1. The van der Waals surface area contributed by atoms with Crippen LogP contribution in [-0.4, -0.2) is 62.2 Å². The van der Waals surface area contributed by atoms with Crippen molar-refractivity contribution >= 4 is 22.3 Å². The van der Waals surface area contributed by atoms with Crippen molar-refractivity contribution in [2.75, 3.05) is 25.0 Å². The normalized spacial score (nSPS) is 21.8. The van der Waals surface area contributed by atoms with E-state index in [1.165, 1.54) is 17.0 Å². The molecule has 174 valence electrons. The maximum atomic E-state index is 14.2. The van der Waals surface area contributed by atoms with Crippen molar-refractivity contribution in [2.45, 2.75) is 18.3 Å². The van der Waals surface area contributed by atoms with E-state index < -0.39 is 17.8 Å². The number of hydrogen-bond donors (Lipinski definition) is 0. The van der Waals surface area contributed by atoms with E-state index in [0.29, 0.717) is 18.7 Å². The molecule has 0 amide bonds. The first-order valence-corrected chi connectivity index (χ1v) is 10.7. The van der Waals surface area contributed by atoms with Crippen molar-refractivity contribution in [3.05, 3.63) is 64.4 Å². The third-order valence-electron chi connectivity index (χ3n) is 6.79. The number of hydrogen-bond acceptors (Lipinski definition) is 4. The van der Waals surface area contributed by atoms with Crippen LogP contribution in [-0.2, 0) is 21.1 Å². The minimum absolute atomic E-state index is 0.139. The predicted octanol–water partition coefficient (Wildman–Crippen LogP) is 2.69. The molecule has 0 bridgehead atoms. The van der Waals surface area contributed by atoms with E-state index in [1.54, 1.807) is 42.6 Å². The molecule has 1 aliphatic carbocycles. The number of anilines is 1. The van der Waals surface area contributed by atoms with Gasteiger partial charge in [0.1, 0.15) is 0 Å². The fourth-order valence-electron chi connectivity index (χ4n) is 4.98. The molecular weight excluding hydrogens is 433 g/mol. The van der Waals surface area contributed by atoms with Crippen molar-refractivity contribution in [3.8, 4) is 0 Å². The third-order valence-corrected chi connectivity index (χ3v) is 6.79. The molecule has 0 N–H and O–H groups in total. The van der Waals surface area contributed by atoms with Crippen LogP contribution in [0.4, 0.5) is 18.9 Å². The summed E-state index contributed by atoms with van der Waals surface area (Å²) < 4.78 is 47.1. The fraction of sp³-hybridized carbons (Fsp3) is 0.391. The average Bonchev–Trinajstić information content (AvgIpc) is 3.30. The van der Waals surface area contributed by atoms with Gasteiger partial charge >= 0.3 is 11.9 Å². The first-order chi connectivity index (χ1) is 15.6. The average molecular weight is 458 g/mol. The highest BCUT2D eigenvalue weighted by Crippen LogP contribution is 2.42. The van der Waals surface area contributed by atoms with Crippen LogP contribution in [0.25, 0.3) is 16.6 Å². The summed E-state index contributed by atoms with van der Waals surface area (Å²) in [5.41, 5.74) is 2.15. The second-order valence-corrected chi connectivity index (χ2v) is 8.79. The predicted molar refractivity (Wildman–Crippen MR) is 121 cm³/mol. The molecule has 2 atom stereocenters. The number of allylic oxidation sites excluding steroid dienone is 2. The number of likely N-dealkylation sites (N-methyl/N-ethyl adjacent to an activating group) is 1. The molecule has 3 aromatic rings. The Bertz CT molecular complexity index is 1360. The topological polar surface area (TPSA) is 51.2 Å². The van der Waals surface area contributed by atoms with E-state index in [2.05, 4.69) is 10.00 Å². The summed E-state index contributed by atoms with van der Waals surface area (Å²) in [6.45, 7) is 1.26. The number of alkyl halides is 3. The number of piperazine rings is 1. The van der Waals surface area contributed by atoms with Crippen LogP contribution >= 0.6 is 0 Å². The van der Waals surface area contributed by atoms with Crippen molar-refractivity contribution in [1.29, 1.82) is 0 Å². The van der Waals surface area contributed by atoms with Gasteiger partial charge in [-0.15, -0.1) is 0 Å². The molecule has 0 saturated carbocycles. The molecule has 33 heavy (non-hydrogen) atoms. The Morgan fingerprint density at radius 1 is 0.970 bits per heavy atom. The van der Waals surface area contributed by atoms with Gasteiger partial charge in [-0.3, -0.25) is 18.7 Å². The van der Waals surface area contributed by atoms with Gasteiger partial charge in [0, 0.05) is 51.7 Å². The Kier molecular flexibility index (Phi) is 4.82. The fourth-order valence-corrected chi connectivity index (χ4v) is 4.98. The summed E-state index contributed by atoms with van der Waals surface area (Å²) in [4.78, 5) is 16.4. The Morgan fingerprint density at radius 3 is 2.36 bits per heavy atom. The van der Waals surface area contributed by atoms with Gasteiger partial charge in [0.25, 0.3) is 0 Å². The molecule has 1 aliphatic heterocycles. The molecule has 0 spiro atoms. The number of fused-ring (bicyclic) bond motifs is 2. The van der Waals surface area contributed by atoms with Gasteiger partial charge in [0.2, 0.25) is 0 Å². The highest BCUT2D eigenvalue weighted by atomic mass is 19.4. The monoisotopic (exact) mass is 458 g/mol. The second-order valence-electron chi connectivity index (χ2n) is 8.79. The lowest BCUT2D eigenvalue weighted by molar-refractivity contribution is -0.0878. The molecule has 3 heterocycles. The highest BCUT2D eigenvalue weighted by molar-refractivity contribution is 5.83. The largest absolute Gasteiger partial charge is 0.416 e. The molecule has 0 radical (unpaired) electrons. The van der Waals surface area contributed by atoms with Gasteiger partial charge in [-0.05, 0) is 36.9 Å². The Labute approximate surface area is 188 Å². The van der Waals surface area contributed by atoms with Crippen LogP contribution < -0.4 is 10.6 Å². The molecule has 2 aliphatic rings. The van der Waals surface area contributed by atoms with E-state index in [4.69, 9.17) is 0 Å². The number of halogens is 3. The molecule has 1 fully saturated rings. The van der Waals surface area contributed by atoms with Crippen LogP contribution in [0.3, 0.4) is 0 Å². The van der Waals surface area contributed by atoms with E-state index in [0.717, 1.165) is 16.7 Å². The van der Waals surface area contributed by atoms with Crippen LogP contribution in [0.5, 0.6) is 0 Å². The number of imidazole rings is 1. The molecule has 7 nitrogen and oxygen atoms in total. The summed E-state index contributed by atoms with van der Waals surface area (Å²) in [7, 11) is 7.03. The van der Waals surface area contributed by atoms with Crippen molar-refractivity contribution < 1.29 is 13.2 Å². The molecule has 10 heteroatoms. The van der Waals surface area contributed by atoms with Crippen LogP contribution in [0.15, 0.2) is 53.1 Å². The number of rotatable bonds is 2. The summed E-state index contributed by atoms with van der Waals surface area (Å²) in [6.07, 6.45) is 1.64. The molecular formula is C23H25F3N6O. The van der Waals surface area contributed by atoms with Crippen LogP contribution in [0, 0.1) is 0 Å². The smallest absolute Gasteiger partial charge is 0.362 e. The van der Waals surface area contributed by atoms with E-state index in [1.807, 2.05) is 30.1 Å². The molecule has 2 aromatic heterocycles. The van der Waals surface area contributed by atoms with E-state index >= 15 is 0 Å². The Morgan fingerprint density at radius 2 is 1.70 bits per heavy atom.